The molecule has 0 aromatic rings. The molecule has 82 heavy (non-hydrogen) atoms. The molecule has 0 saturated heterocycles. The quantitative estimate of drug-likeness (QED) is 0.153. The molecule has 1 heterocycles. The molecule has 20 nitrogen and oxygen atoms in total. The highest BCUT2D eigenvalue weighted by Gasteiger charge is 2.33. The molecule has 1 rings (SSSR count). The first-order chi connectivity index (χ1) is 38.5. The van der Waals surface area contributed by atoms with Crippen molar-refractivity contribution in [1.29, 1.82) is 0 Å². The van der Waals surface area contributed by atoms with Crippen LogP contribution in [0, 0.1) is 5.41 Å². The molecule has 0 aromatic heterocycles. The summed E-state index contributed by atoms with van der Waals surface area (Å²) in [4.78, 5) is 124. The SMILES string of the molecule is CC(=O)OC1CCCC(OC(C)=O)CCCC(OC(C)=O)CCCC(OC(C)=O)CCC[C@@H](OC(C)=O)C[C@@H](OC(C)=O)CCCC(C)=CC(=O)OC(C(C)(C)C)CC(OC(C)=O)CCCC(OC(C)=O)CCCC(OC(C)=O)CCC1. The number of carbonyl (C=O) groups excluding carboxylic acids is 10. The molecule has 0 saturated carbocycles. The lowest BCUT2D eigenvalue weighted by Gasteiger charge is -2.33. The van der Waals surface area contributed by atoms with Crippen molar-refractivity contribution in [2.24, 2.45) is 5.41 Å². The summed E-state index contributed by atoms with van der Waals surface area (Å²) >= 11 is 0. The van der Waals surface area contributed by atoms with Gasteiger partial charge in [0.15, 0.2) is 0 Å². The van der Waals surface area contributed by atoms with Gasteiger partial charge in [-0.3, -0.25) is 43.2 Å². The van der Waals surface area contributed by atoms with Crippen LogP contribution in [0.15, 0.2) is 11.6 Å². The minimum Gasteiger partial charge on any atom is -0.463 e. The third kappa shape index (κ3) is 39.8. The Morgan fingerprint density at radius 2 is 0.537 bits per heavy atom. The van der Waals surface area contributed by atoms with Gasteiger partial charge in [0.1, 0.15) is 61.0 Å². The van der Waals surface area contributed by atoms with Crippen LogP contribution < -0.4 is 0 Å². The normalized spacial score (nSPS) is 26.2. The van der Waals surface area contributed by atoms with E-state index >= 15 is 0 Å². The Balaban J connectivity index is 3.55. The molecule has 10 atom stereocenters. The van der Waals surface area contributed by atoms with Crippen LogP contribution in [-0.4, -0.2) is 121 Å². The number of allylic oxidation sites excluding steroid dienone is 1. The van der Waals surface area contributed by atoms with Gasteiger partial charge in [-0.25, -0.2) is 4.79 Å². The summed E-state index contributed by atoms with van der Waals surface area (Å²) in [5, 5.41) is 0. The Morgan fingerprint density at radius 3 is 0.756 bits per heavy atom. The average molecular weight is 1170 g/mol. The molecule has 8 unspecified atom stereocenters. The van der Waals surface area contributed by atoms with E-state index in [0.717, 1.165) is 5.57 Å². The lowest BCUT2D eigenvalue weighted by molar-refractivity contribution is -0.157. The molecule has 0 radical (unpaired) electrons. The Hall–Kier alpha value is -5.56. The first-order valence-corrected chi connectivity index (χ1v) is 29.9. The summed E-state index contributed by atoms with van der Waals surface area (Å²) in [5.41, 5.74) is 0.171. The monoisotopic (exact) mass is 1170 g/mol. The average Bonchev–Trinajstić information content (AvgIpc) is 3.33. The molecule has 0 aliphatic carbocycles. The van der Waals surface area contributed by atoms with E-state index in [9.17, 15) is 47.9 Å². The maximum absolute atomic E-state index is 13.5. The number of hydrogen-bond donors (Lipinski definition) is 0. The molecule has 0 spiro atoms. The van der Waals surface area contributed by atoms with Crippen molar-refractivity contribution in [1.82, 2.24) is 0 Å². The highest BCUT2D eigenvalue weighted by atomic mass is 16.6. The molecular weight excluding hydrogens is 1060 g/mol. The number of esters is 10. The molecule has 20 heteroatoms. The molecule has 0 aromatic carbocycles. The summed E-state index contributed by atoms with van der Waals surface area (Å²) in [6.07, 6.45) is 8.45. The van der Waals surface area contributed by atoms with Crippen LogP contribution in [0.2, 0.25) is 0 Å². The zero-order chi connectivity index (χ0) is 61.8. The molecule has 0 amide bonds. The highest BCUT2D eigenvalue weighted by Crippen LogP contribution is 2.31. The number of carbonyl (C=O) groups is 10. The molecule has 0 bridgehead atoms. The van der Waals surface area contributed by atoms with Crippen LogP contribution in [0.5, 0.6) is 0 Å². The van der Waals surface area contributed by atoms with Gasteiger partial charge in [-0.1, -0.05) is 26.3 Å². The molecule has 1 aliphatic heterocycles. The maximum Gasteiger partial charge on any atom is 0.330 e. The number of ether oxygens (including phenoxy) is 10. The van der Waals surface area contributed by atoms with Crippen molar-refractivity contribution in [2.45, 2.75) is 318 Å². The fraction of sp³-hybridized carbons (Fsp3) is 0.806. The fourth-order valence-corrected chi connectivity index (χ4v) is 10.5. The second-order valence-corrected chi connectivity index (χ2v) is 23.2. The minimum atomic E-state index is -0.657. The van der Waals surface area contributed by atoms with Crippen LogP contribution in [0.3, 0.4) is 0 Å². The van der Waals surface area contributed by atoms with Crippen LogP contribution in [-0.2, 0) is 95.3 Å². The maximum atomic E-state index is 13.5. The van der Waals surface area contributed by atoms with Crippen molar-refractivity contribution in [3.63, 3.8) is 0 Å². The standard InChI is InChI=1S/C62H102O20/c1-41-22-14-35-57(79-48(8)69)39-58(80-49(9)70)36-20-33-55(77-46(6)67)31-18-29-53(75-44(4)65)27-16-25-51(73-42(2)63)23-15-24-52(74-43(3)64)26-17-28-54(76-45(5)66)30-19-32-56(78-47(7)68)34-21-37-59(81-50(10)71)40-60(62(11,12)13)82-61(72)38-41/h38,51-60H,14-37,39-40H2,1-13H3/t51?,52?,53?,54?,55?,56?,57-,58+,59?,60?/m0/s1. The van der Waals surface area contributed by atoms with Crippen molar-refractivity contribution < 1.29 is 95.3 Å². The predicted molar refractivity (Wildman–Crippen MR) is 303 cm³/mol. The van der Waals surface area contributed by atoms with Gasteiger partial charge in [-0.05, 0) is 166 Å². The largest absolute Gasteiger partial charge is 0.463 e. The van der Waals surface area contributed by atoms with Gasteiger partial charge in [0, 0.05) is 81.2 Å². The first kappa shape index (κ1) is 74.5. The van der Waals surface area contributed by atoms with Crippen LogP contribution in [0.4, 0.5) is 0 Å². The zero-order valence-corrected chi connectivity index (χ0v) is 51.9. The van der Waals surface area contributed by atoms with Crippen LogP contribution >= 0.6 is 0 Å². The Kier molecular flexibility index (Phi) is 37.6. The van der Waals surface area contributed by atoms with Crippen molar-refractivity contribution >= 4 is 59.7 Å². The van der Waals surface area contributed by atoms with E-state index in [4.69, 9.17) is 47.4 Å². The van der Waals surface area contributed by atoms with E-state index in [1.165, 1.54) is 68.4 Å². The summed E-state index contributed by atoms with van der Waals surface area (Å²) in [6, 6.07) is 0. The van der Waals surface area contributed by atoms with E-state index in [0.29, 0.717) is 154 Å². The minimum absolute atomic E-state index is 0.215. The Morgan fingerprint density at radius 1 is 0.341 bits per heavy atom. The number of cyclic esters (lactones) is 1. The van der Waals surface area contributed by atoms with E-state index in [1.807, 2.05) is 20.8 Å². The molecular formula is C62H102O20. The third-order valence-electron chi connectivity index (χ3n) is 14.0. The fourth-order valence-electron chi connectivity index (χ4n) is 10.5. The van der Waals surface area contributed by atoms with Crippen LogP contribution in [0.25, 0.3) is 0 Å². The van der Waals surface area contributed by atoms with E-state index in [1.54, 1.807) is 6.92 Å². The summed E-state index contributed by atoms with van der Waals surface area (Å²) in [6.45, 7) is 19.6. The van der Waals surface area contributed by atoms with Crippen molar-refractivity contribution in [3.05, 3.63) is 11.6 Å². The lowest BCUT2D eigenvalue weighted by atomic mass is 9.84. The Labute approximate surface area is 488 Å². The van der Waals surface area contributed by atoms with Gasteiger partial charge in [-0.15, -0.1) is 0 Å². The summed E-state index contributed by atoms with van der Waals surface area (Å²) in [5.74, 6) is -4.71. The van der Waals surface area contributed by atoms with Gasteiger partial charge < -0.3 is 47.4 Å². The molecule has 0 fully saturated rings. The topological polar surface area (TPSA) is 263 Å². The highest BCUT2D eigenvalue weighted by molar-refractivity contribution is 5.83. The van der Waals surface area contributed by atoms with Crippen molar-refractivity contribution in [3.8, 4) is 0 Å². The third-order valence-corrected chi connectivity index (χ3v) is 14.0. The van der Waals surface area contributed by atoms with Gasteiger partial charge in [0.25, 0.3) is 0 Å². The molecule has 470 valence electrons. The summed E-state index contributed by atoms with van der Waals surface area (Å²) < 4.78 is 57.5. The zero-order valence-electron chi connectivity index (χ0n) is 51.9. The lowest BCUT2D eigenvalue weighted by Crippen LogP contribution is -2.36. The van der Waals surface area contributed by atoms with Gasteiger partial charge in [-0.2, -0.15) is 0 Å². The number of rotatable bonds is 9. The number of hydrogen-bond acceptors (Lipinski definition) is 20. The van der Waals surface area contributed by atoms with E-state index in [2.05, 4.69) is 0 Å². The second kappa shape index (κ2) is 41.4. The molecule has 0 N–H and O–H groups in total. The van der Waals surface area contributed by atoms with Crippen LogP contribution in [0.1, 0.15) is 257 Å². The van der Waals surface area contributed by atoms with E-state index in [-0.39, 0.29) is 12.8 Å². The van der Waals surface area contributed by atoms with Gasteiger partial charge in [0.05, 0.1) is 0 Å². The summed E-state index contributed by atoms with van der Waals surface area (Å²) in [7, 11) is 0. The second-order valence-electron chi connectivity index (χ2n) is 23.2. The smallest absolute Gasteiger partial charge is 0.330 e. The van der Waals surface area contributed by atoms with Gasteiger partial charge >= 0.3 is 59.7 Å². The van der Waals surface area contributed by atoms with Crippen molar-refractivity contribution in [2.75, 3.05) is 0 Å². The predicted octanol–water partition coefficient (Wildman–Crippen LogP) is 11.4. The first-order valence-electron chi connectivity index (χ1n) is 29.9. The Bertz CT molecular complexity index is 2010. The molecule has 1 aliphatic rings. The van der Waals surface area contributed by atoms with Gasteiger partial charge in [0.2, 0.25) is 0 Å². The van der Waals surface area contributed by atoms with E-state index < -0.39 is 126 Å².